The zero-order chi connectivity index (χ0) is 19.4. The van der Waals surface area contributed by atoms with E-state index < -0.39 is 0 Å². The lowest BCUT2D eigenvalue weighted by Gasteiger charge is -2.07. The number of rotatable bonds is 11. The van der Waals surface area contributed by atoms with Gasteiger partial charge in [-0.1, -0.05) is 131 Å². The van der Waals surface area contributed by atoms with Crippen molar-refractivity contribution in [1.29, 1.82) is 0 Å². The molecule has 0 aliphatic rings. The summed E-state index contributed by atoms with van der Waals surface area (Å²) in [4.78, 5) is 0. The number of benzene rings is 3. The van der Waals surface area contributed by atoms with Crippen molar-refractivity contribution >= 4 is 0 Å². The van der Waals surface area contributed by atoms with Gasteiger partial charge in [0.15, 0.2) is 0 Å². The molecule has 0 heterocycles. The monoisotopic (exact) mass is 370 g/mol. The van der Waals surface area contributed by atoms with Crippen molar-refractivity contribution in [2.45, 2.75) is 64.7 Å². The molecule has 0 saturated carbocycles. The van der Waals surface area contributed by atoms with Crippen LogP contribution in [0.25, 0.3) is 22.3 Å². The van der Waals surface area contributed by atoms with Gasteiger partial charge in [0.1, 0.15) is 0 Å². The minimum atomic E-state index is 1.21. The summed E-state index contributed by atoms with van der Waals surface area (Å²) in [7, 11) is 0. The lowest BCUT2D eigenvalue weighted by atomic mass is 9.98. The summed E-state index contributed by atoms with van der Waals surface area (Å²) in [5.74, 6) is 0. The zero-order valence-electron chi connectivity index (χ0n) is 17.4. The van der Waals surface area contributed by atoms with Gasteiger partial charge in [-0.2, -0.15) is 0 Å². The molecule has 3 aromatic carbocycles. The van der Waals surface area contributed by atoms with E-state index in [4.69, 9.17) is 0 Å². The van der Waals surface area contributed by atoms with Gasteiger partial charge in [0, 0.05) is 0 Å². The van der Waals surface area contributed by atoms with Crippen molar-refractivity contribution in [1.82, 2.24) is 0 Å². The molecule has 0 aromatic heterocycles. The third-order valence-electron chi connectivity index (χ3n) is 5.60. The summed E-state index contributed by atoms with van der Waals surface area (Å²) < 4.78 is 0. The van der Waals surface area contributed by atoms with Crippen molar-refractivity contribution in [2.24, 2.45) is 0 Å². The van der Waals surface area contributed by atoms with Gasteiger partial charge < -0.3 is 0 Å². The summed E-state index contributed by atoms with van der Waals surface area (Å²) >= 11 is 0. The van der Waals surface area contributed by atoms with Crippen molar-refractivity contribution in [3.05, 3.63) is 84.4 Å². The van der Waals surface area contributed by atoms with Crippen molar-refractivity contribution in [3.63, 3.8) is 0 Å². The van der Waals surface area contributed by atoms with Crippen LogP contribution >= 0.6 is 0 Å². The third kappa shape index (κ3) is 6.37. The quantitative estimate of drug-likeness (QED) is 0.296. The standard InChI is InChI=1S/C28H34/c1-2-3-4-5-6-7-8-10-13-24-16-18-26(19-17-24)28-22-20-27(21-23-28)25-14-11-9-12-15-25/h9,11-12,14-23H,2-8,10,13H2,1H3. The Hall–Kier alpha value is -2.34. The number of aryl methyl sites for hydroxylation is 1. The normalized spacial score (nSPS) is 10.9. The molecule has 0 radical (unpaired) electrons. The highest BCUT2D eigenvalue weighted by molar-refractivity contribution is 5.70. The molecular formula is C28H34. The molecule has 0 unspecified atom stereocenters. The van der Waals surface area contributed by atoms with E-state index in [9.17, 15) is 0 Å². The van der Waals surface area contributed by atoms with E-state index in [0.717, 1.165) is 0 Å². The lowest BCUT2D eigenvalue weighted by Crippen LogP contribution is -1.87. The van der Waals surface area contributed by atoms with Crippen LogP contribution in [0.1, 0.15) is 63.9 Å². The minimum Gasteiger partial charge on any atom is -0.0654 e. The van der Waals surface area contributed by atoms with Gasteiger partial charge in [-0.15, -0.1) is 0 Å². The Kier molecular flexibility index (Phi) is 8.37. The average molecular weight is 371 g/mol. The predicted octanol–water partition coefficient (Wildman–Crippen LogP) is 8.70. The molecule has 0 heteroatoms. The van der Waals surface area contributed by atoms with Gasteiger partial charge in [-0.25, -0.2) is 0 Å². The summed E-state index contributed by atoms with van der Waals surface area (Å²) in [6.45, 7) is 2.28. The second-order valence-electron chi connectivity index (χ2n) is 7.87. The van der Waals surface area contributed by atoms with Crippen LogP contribution in [0.5, 0.6) is 0 Å². The minimum absolute atomic E-state index is 1.21. The van der Waals surface area contributed by atoms with E-state index in [2.05, 4.69) is 85.8 Å². The Morgan fingerprint density at radius 3 is 1.39 bits per heavy atom. The van der Waals surface area contributed by atoms with Crippen molar-refractivity contribution in [2.75, 3.05) is 0 Å². The smallest absolute Gasteiger partial charge is 0.0184 e. The molecule has 0 amide bonds. The average Bonchev–Trinajstić information content (AvgIpc) is 2.77. The molecule has 0 N–H and O–H groups in total. The summed E-state index contributed by atoms with van der Waals surface area (Å²) in [6.07, 6.45) is 12.3. The highest BCUT2D eigenvalue weighted by Crippen LogP contribution is 2.25. The molecule has 0 nitrogen and oxygen atoms in total. The highest BCUT2D eigenvalue weighted by Gasteiger charge is 2.01. The van der Waals surface area contributed by atoms with Gasteiger partial charge in [0.25, 0.3) is 0 Å². The second kappa shape index (κ2) is 11.5. The number of unbranched alkanes of at least 4 members (excludes halogenated alkanes) is 7. The Bertz CT molecular complexity index is 782. The molecule has 3 aromatic rings. The Morgan fingerprint density at radius 1 is 0.429 bits per heavy atom. The van der Waals surface area contributed by atoms with E-state index in [1.54, 1.807) is 0 Å². The first-order chi connectivity index (χ1) is 13.9. The first kappa shape index (κ1) is 20.4. The molecular weight excluding hydrogens is 336 g/mol. The van der Waals surface area contributed by atoms with Gasteiger partial charge >= 0.3 is 0 Å². The molecule has 3 rings (SSSR count). The van der Waals surface area contributed by atoms with Crippen molar-refractivity contribution < 1.29 is 0 Å². The molecule has 0 aliphatic heterocycles. The van der Waals surface area contributed by atoms with E-state index in [1.807, 2.05) is 0 Å². The Morgan fingerprint density at radius 2 is 0.857 bits per heavy atom. The molecule has 0 atom stereocenters. The topological polar surface area (TPSA) is 0 Å². The number of hydrogen-bond donors (Lipinski definition) is 0. The lowest BCUT2D eigenvalue weighted by molar-refractivity contribution is 0.575. The summed E-state index contributed by atoms with van der Waals surface area (Å²) in [5, 5.41) is 0. The van der Waals surface area contributed by atoms with Crippen LogP contribution in [0, 0.1) is 0 Å². The fourth-order valence-corrected chi connectivity index (χ4v) is 3.81. The second-order valence-corrected chi connectivity index (χ2v) is 7.87. The molecule has 0 aliphatic carbocycles. The zero-order valence-corrected chi connectivity index (χ0v) is 17.4. The molecule has 146 valence electrons. The van der Waals surface area contributed by atoms with Gasteiger partial charge in [-0.05, 0) is 40.7 Å². The van der Waals surface area contributed by atoms with Gasteiger partial charge in [0.2, 0.25) is 0 Å². The van der Waals surface area contributed by atoms with Crippen LogP contribution in [-0.4, -0.2) is 0 Å². The maximum absolute atomic E-state index is 2.31. The largest absolute Gasteiger partial charge is 0.0654 e. The first-order valence-corrected chi connectivity index (χ1v) is 11.1. The fourth-order valence-electron chi connectivity index (χ4n) is 3.81. The molecule has 28 heavy (non-hydrogen) atoms. The van der Waals surface area contributed by atoms with Crippen LogP contribution < -0.4 is 0 Å². The van der Waals surface area contributed by atoms with E-state index >= 15 is 0 Å². The Balaban J connectivity index is 1.45. The number of hydrogen-bond acceptors (Lipinski definition) is 0. The molecule has 0 bridgehead atoms. The van der Waals surface area contributed by atoms with Crippen LogP contribution in [0.15, 0.2) is 78.9 Å². The highest BCUT2D eigenvalue weighted by atomic mass is 14.1. The van der Waals surface area contributed by atoms with Crippen LogP contribution in [0.4, 0.5) is 0 Å². The van der Waals surface area contributed by atoms with Crippen LogP contribution in [0.2, 0.25) is 0 Å². The van der Waals surface area contributed by atoms with E-state index in [1.165, 1.54) is 85.6 Å². The predicted molar refractivity (Wildman–Crippen MR) is 124 cm³/mol. The SMILES string of the molecule is CCCCCCCCCCc1ccc(-c2ccc(-c3ccccc3)cc2)cc1. The summed E-state index contributed by atoms with van der Waals surface area (Å²) in [6, 6.07) is 28.6. The van der Waals surface area contributed by atoms with Crippen LogP contribution in [0.3, 0.4) is 0 Å². The summed E-state index contributed by atoms with van der Waals surface area (Å²) in [5.41, 5.74) is 6.61. The molecule has 0 spiro atoms. The Labute approximate surface area is 171 Å². The van der Waals surface area contributed by atoms with E-state index in [0.29, 0.717) is 0 Å². The molecule has 0 saturated heterocycles. The third-order valence-corrected chi connectivity index (χ3v) is 5.60. The van der Waals surface area contributed by atoms with E-state index in [-0.39, 0.29) is 0 Å². The maximum atomic E-state index is 2.31. The molecule has 0 fully saturated rings. The van der Waals surface area contributed by atoms with Gasteiger partial charge in [-0.3, -0.25) is 0 Å². The maximum Gasteiger partial charge on any atom is -0.0184 e. The first-order valence-electron chi connectivity index (χ1n) is 11.1. The van der Waals surface area contributed by atoms with Crippen LogP contribution in [-0.2, 0) is 6.42 Å². The van der Waals surface area contributed by atoms with Gasteiger partial charge in [0.05, 0.1) is 0 Å². The van der Waals surface area contributed by atoms with Crippen molar-refractivity contribution in [3.8, 4) is 22.3 Å². The fraction of sp³-hybridized carbons (Fsp3) is 0.357.